The van der Waals surface area contributed by atoms with E-state index in [4.69, 9.17) is 0 Å². The van der Waals surface area contributed by atoms with Gasteiger partial charge in [0.25, 0.3) is 5.91 Å². The zero-order valence-corrected chi connectivity index (χ0v) is 16.8. The minimum atomic E-state index is -0.194. The molecular formula is C21H27N3O2S. The molecule has 1 aromatic heterocycles. The standard InChI is InChI=1S/C21H27N3O2S/c1-15-8-10-18(11-9-15)20(26)24(12-17-6-4-3-5-7-17)13-19(25)23-21-22-16(2)14-27-21/h8-11,14,17H,3-7,12-13H2,1-2H3,(H,22,23,25). The lowest BCUT2D eigenvalue weighted by molar-refractivity contribution is -0.117. The highest BCUT2D eigenvalue weighted by molar-refractivity contribution is 7.13. The van der Waals surface area contributed by atoms with Crippen molar-refractivity contribution in [3.63, 3.8) is 0 Å². The summed E-state index contributed by atoms with van der Waals surface area (Å²) in [6.45, 7) is 4.58. The van der Waals surface area contributed by atoms with Gasteiger partial charge in [-0.1, -0.05) is 37.0 Å². The molecule has 1 heterocycles. The molecule has 1 aromatic carbocycles. The van der Waals surface area contributed by atoms with Crippen LogP contribution in [0, 0.1) is 19.8 Å². The van der Waals surface area contributed by atoms with Crippen LogP contribution >= 0.6 is 11.3 Å². The molecule has 1 aliphatic carbocycles. The number of thiazole rings is 1. The van der Waals surface area contributed by atoms with Crippen molar-refractivity contribution in [3.8, 4) is 0 Å². The molecule has 0 radical (unpaired) electrons. The summed E-state index contributed by atoms with van der Waals surface area (Å²) in [5.74, 6) is 0.203. The fraction of sp³-hybridized carbons (Fsp3) is 0.476. The first-order valence-corrected chi connectivity index (χ1v) is 10.5. The normalized spacial score (nSPS) is 14.7. The highest BCUT2D eigenvalue weighted by Crippen LogP contribution is 2.25. The Morgan fingerprint density at radius 3 is 2.48 bits per heavy atom. The van der Waals surface area contributed by atoms with Crippen molar-refractivity contribution in [2.24, 2.45) is 5.92 Å². The predicted molar refractivity (Wildman–Crippen MR) is 109 cm³/mol. The van der Waals surface area contributed by atoms with Crippen LogP contribution in [0.2, 0.25) is 0 Å². The zero-order chi connectivity index (χ0) is 19.2. The van der Waals surface area contributed by atoms with E-state index in [2.05, 4.69) is 10.3 Å². The van der Waals surface area contributed by atoms with Gasteiger partial charge in [-0.15, -0.1) is 11.3 Å². The average molecular weight is 386 g/mol. The molecule has 1 aliphatic rings. The third kappa shape index (κ3) is 5.63. The van der Waals surface area contributed by atoms with Crippen LogP contribution in [0.3, 0.4) is 0 Å². The summed E-state index contributed by atoms with van der Waals surface area (Å²) in [7, 11) is 0. The van der Waals surface area contributed by atoms with Crippen molar-refractivity contribution in [2.45, 2.75) is 46.0 Å². The maximum absolute atomic E-state index is 13.1. The predicted octanol–water partition coefficient (Wildman–Crippen LogP) is 4.42. The Morgan fingerprint density at radius 1 is 1.15 bits per heavy atom. The monoisotopic (exact) mass is 385 g/mol. The lowest BCUT2D eigenvalue weighted by atomic mass is 9.89. The van der Waals surface area contributed by atoms with Gasteiger partial charge in [0.2, 0.25) is 5.91 Å². The molecular weight excluding hydrogens is 358 g/mol. The molecule has 0 spiro atoms. The van der Waals surface area contributed by atoms with Crippen LogP contribution in [0.5, 0.6) is 0 Å². The number of nitrogens with one attached hydrogen (secondary N) is 1. The summed E-state index contributed by atoms with van der Waals surface area (Å²) in [5.41, 5.74) is 2.63. The number of amides is 2. The van der Waals surface area contributed by atoms with Crippen LogP contribution in [0.25, 0.3) is 0 Å². The van der Waals surface area contributed by atoms with Gasteiger partial charge in [-0.25, -0.2) is 4.98 Å². The zero-order valence-electron chi connectivity index (χ0n) is 16.0. The van der Waals surface area contributed by atoms with E-state index < -0.39 is 0 Å². The molecule has 2 aromatic rings. The minimum Gasteiger partial charge on any atom is -0.329 e. The fourth-order valence-electron chi connectivity index (χ4n) is 3.52. The molecule has 6 heteroatoms. The summed E-state index contributed by atoms with van der Waals surface area (Å²) >= 11 is 1.40. The first-order chi connectivity index (χ1) is 13.0. The molecule has 0 saturated heterocycles. The molecule has 27 heavy (non-hydrogen) atoms. The number of hydrogen-bond acceptors (Lipinski definition) is 4. The van der Waals surface area contributed by atoms with E-state index >= 15 is 0 Å². The van der Waals surface area contributed by atoms with E-state index in [0.717, 1.165) is 24.1 Å². The van der Waals surface area contributed by atoms with Crippen LogP contribution in [0.4, 0.5) is 5.13 Å². The number of rotatable bonds is 6. The number of nitrogens with zero attached hydrogens (tertiary/aromatic N) is 2. The van der Waals surface area contributed by atoms with Crippen molar-refractivity contribution in [1.82, 2.24) is 9.88 Å². The summed E-state index contributed by atoms with van der Waals surface area (Å²) < 4.78 is 0. The van der Waals surface area contributed by atoms with E-state index in [1.54, 1.807) is 4.90 Å². The molecule has 1 saturated carbocycles. The number of anilines is 1. The van der Waals surface area contributed by atoms with Gasteiger partial charge < -0.3 is 10.2 Å². The number of carbonyl (C=O) groups excluding carboxylic acids is 2. The quantitative estimate of drug-likeness (QED) is 0.800. The average Bonchev–Trinajstić information content (AvgIpc) is 3.06. The lowest BCUT2D eigenvalue weighted by Gasteiger charge is -2.29. The molecule has 1 N–H and O–H groups in total. The SMILES string of the molecule is Cc1ccc(C(=O)N(CC(=O)Nc2nc(C)cs2)CC2CCCCC2)cc1. The Hall–Kier alpha value is -2.21. The van der Waals surface area contributed by atoms with Crippen molar-refractivity contribution < 1.29 is 9.59 Å². The van der Waals surface area contributed by atoms with E-state index in [0.29, 0.717) is 23.2 Å². The molecule has 3 rings (SSSR count). The van der Waals surface area contributed by atoms with Crippen LogP contribution in [-0.2, 0) is 4.79 Å². The number of carbonyl (C=O) groups is 2. The molecule has 0 aliphatic heterocycles. The molecule has 0 atom stereocenters. The second-order valence-corrected chi connectivity index (χ2v) is 8.26. The summed E-state index contributed by atoms with van der Waals surface area (Å²) in [6, 6.07) is 7.55. The van der Waals surface area contributed by atoms with Gasteiger partial charge in [0, 0.05) is 17.5 Å². The highest BCUT2D eigenvalue weighted by Gasteiger charge is 2.24. The van der Waals surface area contributed by atoms with Gasteiger partial charge in [-0.2, -0.15) is 0 Å². The van der Waals surface area contributed by atoms with Gasteiger partial charge >= 0.3 is 0 Å². The summed E-state index contributed by atoms with van der Waals surface area (Å²) in [4.78, 5) is 31.6. The topological polar surface area (TPSA) is 62.3 Å². The van der Waals surface area contributed by atoms with Crippen molar-refractivity contribution >= 4 is 28.3 Å². The second-order valence-electron chi connectivity index (χ2n) is 7.40. The number of aromatic nitrogens is 1. The molecule has 1 fully saturated rings. The van der Waals surface area contributed by atoms with Crippen molar-refractivity contribution in [3.05, 3.63) is 46.5 Å². The maximum Gasteiger partial charge on any atom is 0.254 e. The minimum absolute atomic E-state index is 0.0574. The Bertz CT molecular complexity index is 779. The Balaban J connectivity index is 1.70. The van der Waals surface area contributed by atoms with Gasteiger partial charge in [-0.05, 0) is 44.7 Å². The van der Waals surface area contributed by atoms with Gasteiger partial charge in [0.05, 0.1) is 5.69 Å². The van der Waals surface area contributed by atoms with Crippen LogP contribution in [-0.4, -0.2) is 34.8 Å². The fourth-order valence-corrected chi connectivity index (χ4v) is 4.23. The third-order valence-electron chi connectivity index (χ3n) is 4.99. The first-order valence-electron chi connectivity index (χ1n) is 9.59. The Morgan fingerprint density at radius 2 is 1.85 bits per heavy atom. The number of aryl methyl sites for hydroxylation is 2. The van der Waals surface area contributed by atoms with Gasteiger partial charge in [0.15, 0.2) is 5.13 Å². The largest absolute Gasteiger partial charge is 0.329 e. The van der Waals surface area contributed by atoms with Crippen molar-refractivity contribution in [2.75, 3.05) is 18.4 Å². The van der Waals surface area contributed by atoms with E-state index in [9.17, 15) is 9.59 Å². The van der Waals surface area contributed by atoms with E-state index in [-0.39, 0.29) is 18.4 Å². The Labute approximate surface area is 164 Å². The van der Waals surface area contributed by atoms with E-state index in [1.165, 1.54) is 30.6 Å². The van der Waals surface area contributed by atoms with Crippen LogP contribution < -0.4 is 5.32 Å². The second kappa shape index (κ2) is 9.13. The summed E-state index contributed by atoms with van der Waals surface area (Å²) in [5, 5.41) is 5.30. The summed E-state index contributed by atoms with van der Waals surface area (Å²) in [6.07, 6.45) is 5.95. The molecule has 0 unspecified atom stereocenters. The first kappa shape index (κ1) is 19.5. The smallest absolute Gasteiger partial charge is 0.254 e. The van der Waals surface area contributed by atoms with Crippen molar-refractivity contribution in [1.29, 1.82) is 0 Å². The molecule has 5 nitrogen and oxygen atoms in total. The van der Waals surface area contributed by atoms with E-state index in [1.807, 2.05) is 43.5 Å². The van der Waals surface area contributed by atoms with Crippen LogP contribution in [0.15, 0.2) is 29.6 Å². The van der Waals surface area contributed by atoms with Gasteiger partial charge in [-0.3, -0.25) is 9.59 Å². The Kier molecular flexibility index (Phi) is 6.61. The molecule has 2 amide bonds. The van der Waals surface area contributed by atoms with Crippen LogP contribution in [0.1, 0.15) is 53.7 Å². The molecule has 0 bridgehead atoms. The third-order valence-corrected chi connectivity index (χ3v) is 5.86. The molecule has 144 valence electrons. The lowest BCUT2D eigenvalue weighted by Crippen LogP contribution is -2.41. The number of hydrogen-bond donors (Lipinski definition) is 1. The van der Waals surface area contributed by atoms with Gasteiger partial charge in [0.1, 0.15) is 6.54 Å². The highest BCUT2D eigenvalue weighted by atomic mass is 32.1. The number of benzene rings is 1. The maximum atomic E-state index is 13.1.